The Morgan fingerprint density at radius 3 is 2.61 bits per heavy atom. The lowest BCUT2D eigenvalue weighted by atomic mass is 10.0. The minimum absolute atomic E-state index is 0.213. The summed E-state index contributed by atoms with van der Waals surface area (Å²) < 4.78 is 5.30. The molecule has 0 amide bonds. The highest BCUT2D eigenvalue weighted by Gasteiger charge is 2.24. The summed E-state index contributed by atoms with van der Waals surface area (Å²) >= 11 is 0. The topological polar surface area (TPSA) is 56.2 Å². The number of nitrogens with zero attached hydrogens (tertiary/aromatic N) is 2. The third kappa shape index (κ3) is 4.17. The van der Waals surface area contributed by atoms with E-state index in [0.29, 0.717) is 6.54 Å². The van der Waals surface area contributed by atoms with Crippen molar-refractivity contribution >= 4 is 0 Å². The average Bonchev–Trinajstić information content (AvgIpc) is 2.40. The fourth-order valence-electron chi connectivity index (χ4n) is 2.92. The fourth-order valence-corrected chi connectivity index (χ4v) is 2.92. The van der Waals surface area contributed by atoms with E-state index < -0.39 is 0 Å². The van der Waals surface area contributed by atoms with Crippen LogP contribution in [-0.4, -0.2) is 84.7 Å². The van der Waals surface area contributed by atoms with Gasteiger partial charge in [-0.25, -0.2) is 0 Å². The van der Waals surface area contributed by atoms with Gasteiger partial charge in [0.15, 0.2) is 0 Å². The van der Waals surface area contributed by atoms with E-state index in [1.807, 2.05) is 0 Å². The molecule has 0 radical (unpaired) electrons. The standard InChI is InChI=1S/C13H26N2O3/c16-11-12-3-1-2-4-15(12)10-13(17)9-14-5-7-18-8-6-14/h12-13,16-17H,1-11H2/t12-,13?/m1/s1. The normalized spacial score (nSPS) is 29.3. The molecular formula is C13H26N2O3. The van der Waals surface area contributed by atoms with Crippen LogP contribution in [0.25, 0.3) is 0 Å². The van der Waals surface area contributed by atoms with E-state index >= 15 is 0 Å². The molecule has 2 rings (SSSR count). The molecule has 0 aromatic heterocycles. The summed E-state index contributed by atoms with van der Waals surface area (Å²) in [4.78, 5) is 4.50. The Balaban J connectivity index is 1.73. The van der Waals surface area contributed by atoms with Gasteiger partial charge >= 0.3 is 0 Å². The molecule has 0 aromatic rings. The number of rotatable bonds is 5. The van der Waals surface area contributed by atoms with Crippen molar-refractivity contribution in [3.8, 4) is 0 Å². The second-order valence-corrected chi connectivity index (χ2v) is 5.39. The molecular weight excluding hydrogens is 232 g/mol. The van der Waals surface area contributed by atoms with Gasteiger partial charge in [0.25, 0.3) is 0 Å². The van der Waals surface area contributed by atoms with E-state index in [1.165, 1.54) is 12.8 Å². The van der Waals surface area contributed by atoms with E-state index in [-0.39, 0.29) is 18.8 Å². The van der Waals surface area contributed by atoms with Crippen molar-refractivity contribution in [3.63, 3.8) is 0 Å². The van der Waals surface area contributed by atoms with Crippen LogP contribution < -0.4 is 0 Å². The van der Waals surface area contributed by atoms with E-state index in [4.69, 9.17) is 4.74 Å². The van der Waals surface area contributed by atoms with Gasteiger partial charge in [-0.1, -0.05) is 6.42 Å². The van der Waals surface area contributed by atoms with Gasteiger partial charge in [0, 0.05) is 32.2 Å². The molecule has 2 N–H and O–H groups in total. The van der Waals surface area contributed by atoms with Gasteiger partial charge in [0.05, 0.1) is 25.9 Å². The molecule has 2 aliphatic rings. The van der Waals surface area contributed by atoms with Crippen LogP contribution in [-0.2, 0) is 4.74 Å². The van der Waals surface area contributed by atoms with Gasteiger partial charge in [-0.2, -0.15) is 0 Å². The van der Waals surface area contributed by atoms with E-state index in [2.05, 4.69) is 9.80 Å². The predicted molar refractivity (Wildman–Crippen MR) is 69.6 cm³/mol. The maximum Gasteiger partial charge on any atom is 0.0793 e. The molecule has 106 valence electrons. The highest BCUT2D eigenvalue weighted by molar-refractivity contribution is 4.79. The van der Waals surface area contributed by atoms with Crippen molar-refractivity contribution in [2.45, 2.75) is 31.4 Å². The summed E-state index contributed by atoms with van der Waals surface area (Å²) in [5, 5.41) is 19.5. The first-order chi connectivity index (χ1) is 8.79. The van der Waals surface area contributed by atoms with Gasteiger partial charge in [0.2, 0.25) is 0 Å². The van der Waals surface area contributed by atoms with Crippen LogP contribution >= 0.6 is 0 Å². The number of β-amino-alcohol motifs (C(OH)–C–C–N with tert-alkyl or cyclic N) is 1. The molecule has 0 spiro atoms. The minimum atomic E-state index is -0.324. The SMILES string of the molecule is OC[C@H]1CCCCN1CC(O)CN1CCOCC1. The molecule has 5 heteroatoms. The van der Waals surface area contributed by atoms with Crippen molar-refractivity contribution in [2.75, 3.05) is 52.5 Å². The number of likely N-dealkylation sites (tertiary alicyclic amines) is 1. The number of ether oxygens (including phenoxy) is 1. The second-order valence-electron chi connectivity index (χ2n) is 5.39. The Labute approximate surface area is 109 Å². The molecule has 5 nitrogen and oxygen atoms in total. The lowest BCUT2D eigenvalue weighted by Gasteiger charge is -2.37. The maximum atomic E-state index is 10.2. The van der Waals surface area contributed by atoms with Crippen molar-refractivity contribution in [1.82, 2.24) is 9.80 Å². The molecule has 0 bridgehead atoms. The maximum absolute atomic E-state index is 10.2. The molecule has 2 heterocycles. The zero-order chi connectivity index (χ0) is 12.8. The van der Waals surface area contributed by atoms with Crippen LogP contribution in [0.4, 0.5) is 0 Å². The molecule has 18 heavy (non-hydrogen) atoms. The number of piperidine rings is 1. The Bertz CT molecular complexity index is 234. The van der Waals surface area contributed by atoms with Gasteiger partial charge in [-0.05, 0) is 19.4 Å². The van der Waals surface area contributed by atoms with Crippen LogP contribution in [0.15, 0.2) is 0 Å². The van der Waals surface area contributed by atoms with E-state index in [0.717, 1.165) is 45.8 Å². The lowest BCUT2D eigenvalue weighted by Crippen LogP contribution is -2.49. The van der Waals surface area contributed by atoms with Crippen LogP contribution in [0.3, 0.4) is 0 Å². The smallest absolute Gasteiger partial charge is 0.0793 e. The highest BCUT2D eigenvalue weighted by atomic mass is 16.5. The third-order valence-electron chi connectivity index (χ3n) is 3.98. The zero-order valence-corrected chi connectivity index (χ0v) is 11.1. The second kappa shape index (κ2) is 7.40. The monoisotopic (exact) mass is 258 g/mol. The number of morpholine rings is 1. The predicted octanol–water partition coefficient (Wildman–Crippen LogP) is -0.474. The molecule has 1 unspecified atom stereocenters. The number of hydrogen-bond donors (Lipinski definition) is 2. The first kappa shape index (κ1) is 14.2. The molecule has 2 atom stereocenters. The summed E-state index contributed by atoms with van der Waals surface area (Å²) in [6.45, 7) is 6.00. The summed E-state index contributed by atoms with van der Waals surface area (Å²) in [6, 6.07) is 0.248. The van der Waals surface area contributed by atoms with Crippen molar-refractivity contribution in [2.24, 2.45) is 0 Å². The zero-order valence-electron chi connectivity index (χ0n) is 11.1. The molecule has 2 saturated heterocycles. The first-order valence-corrected chi connectivity index (χ1v) is 7.12. The van der Waals surface area contributed by atoms with Crippen LogP contribution in [0.1, 0.15) is 19.3 Å². The number of aliphatic hydroxyl groups is 2. The van der Waals surface area contributed by atoms with E-state index in [9.17, 15) is 10.2 Å². The Hall–Kier alpha value is -0.200. The summed E-state index contributed by atoms with van der Waals surface area (Å²) in [5.74, 6) is 0. The molecule has 0 aromatic carbocycles. The van der Waals surface area contributed by atoms with Gasteiger partial charge in [-0.15, -0.1) is 0 Å². The highest BCUT2D eigenvalue weighted by Crippen LogP contribution is 2.16. The molecule has 2 fully saturated rings. The first-order valence-electron chi connectivity index (χ1n) is 7.12. The Kier molecular flexibility index (Phi) is 5.85. The van der Waals surface area contributed by atoms with Crippen LogP contribution in [0, 0.1) is 0 Å². The molecule has 0 saturated carbocycles. The Morgan fingerprint density at radius 1 is 1.11 bits per heavy atom. The Morgan fingerprint density at radius 2 is 1.89 bits per heavy atom. The number of aliphatic hydroxyl groups excluding tert-OH is 2. The largest absolute Gasteiger partial charge is 0.395 e. The van der Waals surface area contributed by atoms with Crippen LogP contribution in [0.5, 0.6) is 0 Å². The molecule has 2 aliphatic heterocycles. The van der Waals surface area contributed by atoms with Crippen molar-refractivity contribution < 1.29 is 14.9 Å². The number of hydrogen-bond acceptors (Lipinski definition) is 5. The summed E-state index contributed by atoms with van der Waals surface area (Å²) in [7, 11) is 0. The summed E-state index contributed by atoms with van der Waals surface area (Å²) in [5.41, 5.74) is 0. The lowest BCUT2D eigenvalue weighted by molar-refractivity contribution is -0.00523. The van der Waals surface area contributed by atoms with E-state index in [1.54, 1.807) is 0 Å². The van der Waals surface area contributed by atoms with Gasteiger partial charge < -0.3 is 14.9 Å². The van der Waals surface area contributed by atoms with Gasteiger partial charge in [-0.3, -0.25) is 9.80 Å². The van der Waals surface area contributed by atoms with Crippen molar-refractivity contribution in [3.05, 3.63) is 0 Å². The molecule has 0 aliphatic carbocycles. The fraction of sp³-hybridized carbons (Fsp3) is 1.00. The average molecular weight is 258 g/mol. The van der Waals surface area contributed by atoms with Gasteiger partial charge in [0.1, 0.15) is 0 Å². The minimum Gasteiger partial charge on any atom is -0.395 e. The summed E-state index contributed by atoms with van der Waals surface area (Å²) in [6.07, 6.45) is 3.11. The quantitative estimate of drug-likeness (QED) is 0.698. The third-order valence-corrected chi connectivity index (χ3v) is 3.98. The van der Waals surface area contributed by atoms with Crippen LogP contribution in [0.2, 0.25) is 0 Å². The van der Waals surface area contributed by atoms with Crippen molar-refractivity contribution in [1.29, 1.82) is 0 Å².